The first-order valence-corrected chi connectivity index (χ1v) is 10.7. The lowest BCUT2D eigenvalue weighted by molar-refractivity contribution is 0.0577. The Labute approximate surface area is 186 Å². The van der Waals surface area contributed by atoms with Crippen molar-refractivity contribution in [2.45, 2.75) is 37.5 Å². The predicted molar refractivity (Wildman–Crippen MR) is 116 cm³/mol. The van der Waals surface area contributed by atoms with E-state index in [1.165, 1.54) is 21.5 Å². The van der Waals surface area contributed by atoms with Crippen molar-refractivity contribution in [3.63, 3.8) is 0 Å². The summed E-state index contributed by atoms with van der Waals surface area (Å²) in [5.74, 6) is -0.376. The van der Waals surface area contributed by atoms with Crippen LogP contribution < -0.4 is 21.5 Å². The maximum atomic E-state index is 14.4. The molecule has 1 amide bonds. The summed E-state index contributed by atoms with van der Waals surface area (Å²) in [6.45, 7) is 0.961. The second-order valence-electron chi connectivity index (χ2n) is 8.18. The number of hydrogen-bond acceptors (Lipinski definition) is 7. The number of fused-ring (bicyclic) bond motifs is 1. The molecular weight excluding hydrogens is 436 g/mol. The lowest BCUT2D eigenvalue weighted by Crippen LogP contribution is -2.31. The lowest BCUT2D eigenvalue weighted by Gasteiger charge is -2.24. The summed E-state index contributed by atoms with van der Waals surface area (Å²) in [6, 6.07) is 1.93. The van der Waals surface area contributed by atoms with E-state index in [4.69, 9.17) is 4.74 Å². The van der Waals surface area contributed by atoms with E-state index in [1.54, 1.807) is 13.1 Å². The van der Waals surface area contributed by atoms with Gasteiger partial charge in [0.1, 0.15) is 34.9 Å². The Morgan fingerprint density at radius 1 is 1.33 bits per heavy atom. The molecule has 2 aliphatic rings. The van der Waals surface area contributed by atoms with Crippen LogP contribution in [0.1, 0.15) is 35.7 Å². The van der Waals surface area contributed by atoms with Gasteiger partial charge in [-0.2, -0.15) is 9.61 Å². The lowest BCUT2D eigenvalue weighted by atomic mass is 10.1. The molecule has 10 nitrogen and oxygen atoms in total. The summed E-state index contributed by atoms with van der Waals surface area (Å²) in [6.07, 6.45) is 3.26. The summed E-state index contributed by atoms with van der Waals surface area (Å²) < 4.78 is 35.8. The number of carbonyl (C=O) groups excluding carboxylic acids is 1. The van der Waals surface area contributed by atoms with E-state index in [-0.39, 0.29) is 35.2 Å². The van der Waals surface area contributed by atoms with E-state index in [9.17, 15) is 18.4 Å². The fourth-order valence-corrected chi connectivity index (χ4v) is 3.93. The molecule has 0 unspecified atom stereocenters. The van der Waals surface area contributed by atoms with Crippen LogP contribution in [0.2, 0.25) is 0 Å². The first-order chi connectivity index (χ1) is 15.9. The minimum absolute atomic E-state index is 0.00300. The molecule has 0 aromatic carbocycles. The summed E-state index contributed by atoms with van der Waals surface area (Å²) in [5.41, 5.74) is -0.0439. The highest BCUT2D eigenvalue weighted by molar-refractivity contribution is 6.00. The van der Waals surface area contributed by atoms with Gasteiger partial charge in [-0.15, -0.1) is 0 Å². The fourth-order valence-electron chi connectivity index (χ4n) is 3.93. The number of ether oxygens (including phenoxy) is 1. The van der Waals surface area contributed by atoms with Crippen molar-refractivity contribution >= 4 is 28.9 Å². The van der Waals surface area contributed by atoms with Crippen LogP contribution in [0.25, 0.3) is 5.65 Å². The number of halogens is 2. The molecule has 5 rings (SSSR count). The third kappa shape index (κ3) is 4.13. The highest BCUT2D eigenvalue weighted by atomic mass is 19.1. The summed E-state index contributed by atoms with van der Waals surface area (Å²) in [7, 11) is 1.66. The molecule has 0 radical (unpaired) electrons. The first-order valence-electron chi connectivity index (χ1n) is 10.7. The number of nitrogens with zero attached hydrogens (tertiary/aromatic N) is 4. The zero-order valence-corrected chi connectivity index (χ0v) is 17.8. The van der Waals surface area contributed by atoms with Crippen molar-refractivity contribution < 1.29 is 18.3 Å². The number of aromatic nitrogens is 4. The molecule has 12 heteroatoms. The van der Waals surface area contributed by atoms with Gasteiger partial charge in [-0.1, -0.05) is 0 Å². The van der Waals surface area contributed by atoms with Gasteiger partial charge in [0.2, 0.25) is 0 Å². The molecule has 1 aliphatic carbocycles. The monoisotopic (exact) mass is 459 g/mol. The van der Waals surface area contributed by atoms with Gasteiger partial charge in [-0.3, -0.25) is 9.59 Å². The van der Waals surface area contributed by atoms with Crippen molar-refractivity contribution in [2.24, 2.45) is 0 Å². The predicted octanol–water partition coefficient (Wildman–Crippen LogP) is 2.01. The molecule has 0 bridgehead atoms. The average molecular weight is 459 g/mol. The fraction of sp³-hybridized carbons (Fsp3) is 0.429. The number of amides is 1. The van der Waals surface area contributed by atoms with Gasteiger partial charge in [0.05, 0.1) is 24.9 Å². The average Bonchev–Trinajstić information content (AvgIpc) is 3.33. The van der Waals surface area contributed by atoms with Crippen LogP contribution in [-0.2, 0) is 4.74 Å². The highest BCUT2D eigenvalue weighted by Crippen LogP contribution is 2.26. The molecule has 0 spiro atoms. The molecule has 33 heavy (non-hydrogen) atoms. The van der Waals surface area contributed by atoms with E-state index in [1.807, 2.05) is 0 Å². The molecular formula is C21H23F2N7O3. The Bertz CT molecular complexity index is 1270. The van der Waals surface area contributed by atoms with Gasteiger partial charge in [-0.05, 0) is 12.8 Å². The standard InChI is InChI=1S/C21H23F2N7O3/c1-24-18-7-17(28-19-13(8-25-30(18)19)20(31)27-15-6-14(15)23)26-16-5-11(22)9-29(21(16)32)12-3-2-4-33-10-12/h5,7-9,12,14-15,24H,2-4,6,10H2,1H3,(H,26,28)(H,27,31)/t12-,14+,15-/m0/s1. The maximum Gasteiger partial charge on any atom is 0.274 e. The first kappa shape index (κ1) is 21.3. The van der Waals surface area contributed by atoms with E-state index < -0.39 is 29.5 Å². The maximum absolute atomic E-state index is 14.4. The molecule has 4 heterocycles. The summed E-state index contributed by atoms with van der Waals surface area (Å²) in [5, 5.41) is 12.6. The van der Waals surface area contributed by atoms with Crippen molar-refractivity contribution in [1.29, 1.82) is 0 Å². The van der Waals surface area contributed by atoms with Crippen molar-refractivity contribution in [3.8, 4) is 0 Å². The number of anilines is 3. The Morgan fingerprint density at radius 3 is 2.85 bits per heavy atom. The molecule has 2 fully saturated rings. The van der Waals surface area contributed by atoms with Crippen LogP contribution in [0.5, 0.6) is 0 Å². The zero-order valence-electron chi connectivity index (χ0n) is 17.8. The second-order valence-corrected chi connectivity index (χ2v) is 8.18. The van der Waals surface area contributed by atoms with Crippen LogP contribution >= 0.6 is 0 Å². The Balaban J connectivity index is 1.50. The summed E-state index contributed by atoms with van der Waals surface area (Å²) in [4.78, 5) is 30.0. The molecule has 3 aromatic rings. The smallest absolute Gasteiger partial charge is 0.274 e. The molecule has 3 aromatic heterocycles. The third-order valence-corrected chi connectivity index (χ3v) is 5.80. The quantitative estimate of drug-likeness (QED) is 0.517. The molecule has 1 saturated heterocycles. The van der Waals surface area contributed by atoms with Crippen molar-refractivity contribution in [2.75, 3.05) is 30.9 Å². The number of nitrogens with one attached hydrogen (secondary N) is 3. The molecule has 3 atom stereocenters. The minimum atomic E-state index is -1.04. The second kappa shape index (κ2) is 8.43. The number of hydrogen-bond donors (Lipinski definition) is 3. The molecule has 174 valence electrons. The van der Waals surface area contributed by atoms with Gasteiger partial charge in [-0.25, -0.2) is 13.8 Å². The Morgan fingerprint density at radius 2 is 2.15 bits per heavy atom. The van der Waals surface area contributed by atoms with Crippen LogP contribution in [0.15, 0.2) is 29.3 Å². The van der Waals surface area contributed by atoms with Gasteiger partial charge in [0.15, 0.2) is 5.65 Å². The van der Waals surface area contributed by atoms with Gasteiger partial charge >= 0.3 is 0 Å². The third-order valence-electron chi connectivity index (χ3n) is 5.80. The van der Waals surface area contributed by atoms with Gasteiger partial charge < -0.3 is 25.3 Å². The Kier molecular flexibility index (Phi) is 5.44. The Hall–Kier alpha value is -3.54. The number of pyridine rings is 1. The van der Waals surface area contributed by atoms with Gasteiger partial charge in [0.25, 0.3) is 11.5 Å². The number of alkyl halides is 1. The molecule has 1 aliphatic heterocycles. The van der Waals surface area contributed by atoms with E-state index in [2.05, 4.69) is 26.0 Å². The van der Waals surface area contributed by atoms with Gasteiger partial charge in [0, 0.05) is 38.4 Å². The highest BCUT2D eigenvalue weighted by Gasteiger charge is 2.39. The van der Waals surface area contributed by atoms with Crippen molar-refractivity contribution in [3.05, 3.63) is 46.3 Å². The molecule has 1 saturated carbocycles. The van der Waals surface area contributed by atoms with Crippen LogP contribution in [0.4, 0.5) is 26.1 Å². The van der Waals surface area contributed by atoms with Crippen molar-refractivity contribution in [1.82, 2.24) is 24.5 Å². The van der Waals surface area contributed by atoms with Crippen LogP contribution in [-0.4, -0.2) is 57.5 Å². The largest absolute Gasteiger partial charge is 0.379 e. The topological polar surface area (TPSA) is 115 Å². The number of rotatable bonds is 6. The van der Waals surface area contributed by atoms with Crippen LogP contribution in [0, 0.1) is 5.82 Å². The zero-order chi connectivity index (χ0) is 23.1. The van der Waals surface area contributed by atoms with E-state index in [0.717, 1.165) is 12.5 Å². The minimum Gasteiger partial charge on any atom is -0.379 e. The van der Waals surface area contributed by atoms with E-state index in [0.29, 0.717) is 25.5 Å². The SMILES string of the molecule is CNc1cc(Nc2cc(F)cn([C@H]3CCCOC3)c2=O)nc2c(C(=O)N[C@H]3C[C@H]3F)cnn12. The van der Waals surface area contributed by atoms with Crippen LogP contribution in [0.3, 0.4) is 0 Å². The normalized spacial score (nSPS) is 22.2. The molecule has 3 N–H and O–H groups in total. The van der Waals surface area contributed by atoms with E-state index >= 15 is 0 Å². The number of carbonyl (C=O) groups is 1. The summed E-state index contributed by atoms with van der Waals surface area (Å²) >= 11 is 0.